The number of carbonyl (C=O) groups is 2. The number of sulfonamides is 1. The summed E-state index contributed by atoms with van der Waals surface area (Å²) in [5, 5.41) is 6.33. The Kier molecular flexibility index (Phi) is 6.68. The van der Waals surface area contributed by atoms with E-state index in [9.17, 15) is 18.0 Å². The van der Waals surface area contributed by atoms with Gasteiger partial charge in [0.05, 0.1) is 6.61 Å². The van der Waals surface area contributed by atoms with Crippen LogP contribution in [0.1, 0.15) is 41.7 Å². The van der Waals surface area contributed by atoms with E-state index in [1.807, 2.05) is 0 Å². The Bertz CT molecular complexity index is 930. The number of amides is 1. The van der Waals surface area contributed by atoms with E-state index in [-0.39, 0.29) is 27.9 Å². The summed E-state index contributed by atoms with van der Waals surface area (Å²) in [4.78, 5) is 24.4. The summed E-state index contributed by atoms with van der Waals surface area (Å²) in [5.41, 5.74) is 0.0179. The maximum atomic E-state index is 12.6. The molecule has 1 amide bonds. The minimum atomic E-state index is -3.69. The average Bonchev–Trinajstić information content (AvgIpc) is 3.22. The third-order valence-electron chi connectivity index (χ3n) is 3.74. The molecule has 0 aromatic carbocycles. The fraction of sp³-hybridized carbons (Fsp3) is 0.467. The van der Waals surface area contributed by atoms with E-state index in [0.717, 1.165) is 11.5 Å². The van der Waals surface area contributed by atoms with E-state index >= 15 is 0 Å². The number of nitrogens with one attached hydrogen (secondary N) is 1. The highest BCUT2D eigenvalue weighted by Gasteiger charge is 2.26. The second kappa shape index (κ2) is 8.59. The molecule has 0 saturated carbocycles. The van der Waals surface area contributed by atoms with Gasteiger partial charge >= 0.3 is 5.97 Å². The number of aromatic nitrogens is 3. The van der Waals surface area contributed by atoms with Crippen molar-refractivity contribution in [3.63, 3.8) is 0 Å². The van der Waals surface area contributed by atoms with E-state index < -0.39 is 21.9 Å². The number of aryl methyl sites for hydroxylation is 1. The molecule has 0 aliphatic rings. The smallest absolute Gasteiger partial charge is 0.362 e. The summed E-state index contributed by atoms with van der Waals surface area (Å²) in [6.45, 7) is 5.94. The second-order valence-electron chi connectivity index (χ2n) is 5.39. The summed E-state index contributed by atoms with van der Waals surface area (Å²) < 4.78 is 36.5. The van der Waals surface area contributed by atoms with E-state index in [2.05, 4.69) is 14.9 Å². The molecule has 27 heavy (non-hydrogen) atoms. The van der Waals surface area contributed by atoms with Gasteiger partial charge in [0.15, 0.2) is 5.00 Å². The Labute approximate surface area is 161 Å². The molecule has 0 unspecified atom stereocenters. The Hall–Kier alpha value is -2.31. The molecule has 10 nitrogen and oxygen atoms in total. The Morgan fingerprint density at radius 3 is 2.56 bits per heavy atom. The lowest BCUT2D eigenvalue weighted by Crippen LogP contribution is -2.30. The number of rotatable bonds is 8. The van der Waals surface area contributed by atoms with Crippen molar-refractivity contribution in [2.24, 2.45) is 7.05 Å². The first-order chi connectivity index (χ1) is 12.8. The highest BCUT2D eigenvalue weighted by molar-refractivity contribution is 7.89. The molecule has 0 radical (unpaired) electrons. The number of hydrogen-bond acceptors (Lipinski definition) is 8. The minimum absolute atomic E-state index is 0.0203. The van der Waals surface area contributed by atoms with Crippen LogP contribution >= 0.6 is 11.5 Å². The number of anilines is 1. The van der Waals surface area contributed by atoms with Crippen LogP contribution in [0.5, 0.6) is 0 Å². The third kappa shape index (κ3) is 4.34. The zero-order valence-corrected chi connectivity index (χ0v) is 17.1. The lowest BCUT2D eigenvalue weighted by molar-refractivity contribution is 0.0520. The third-order valence-corrected chi connectivity index (χ3v) is 6.40. The normalized spacial score (nSPS) is 11.6. The van der Waals surface area contributed by atoms with Crippen molar-refractivity contribution in [3.8, 4) is 0 Å². The number of nitrogens with zero attached hydrogens (tertiary/aromatic N) is 4. The van der Waals surface area contributed by atoms with Gasteiger partial charge in [-0.25, -0.2) is 13.2 Å². The SMILES string of the molecule is CCOC(=O)c1nnsc1NC(=O)c1cc(S(=O)(=O)N(CC)CC)cn1C. The molecular formula is C15H21N5O5S2. The summed E-state index contributed by atoms with van der Waals surface area (Å²) in [6, 6.07) is 1.29. The van der Waals surface area contributed by atoms with E-state index in [1.54, 1.807) is 27.8 Å². The van der Waals surface area contributed by atoms with Gasteiger partial charge in [0.2, 0.25) is 15.7 Å². The fourth-order valence-electron chi connectivity index (χ4n) is 2.39. The molecule has 1 N–H and O–H groups in total. The van der Waals surface area contributed by atoms with E-state index in [1.165, 1.54) is 21.1 Å². The van der Waals surface area contributed by atoms with Crippen LogP contribution in [0.2, 0.25) is 0 Å². The average molecular weight is 415 g/mol. The van der Waals surface area contributed by atoms with Gasteiger partial charge in [0, 0.05) is 37.9 Å². The maximum absolute atomic E-state index is 12.6. The zero-order chi connectivity index (χ0) is 20.2. The van der Waals surface area contributed by atoms with Crippen LogP contribution in [-0.2, 0) is 21.8 Å². The second-order valence-corrected chi connectivity index (χ2v) is 8.08. The summed E-state index contributed by atoms with van der Waals surface area (Å²) >= 11 is 0.827. The quantitative estimate of drug-likeness (QED) is 0.645. The van der Waals surface area contributed by atoms with Crippen molar-refractivity contribution >= 4 is 38.4 Å². The van der Waals surface area contributed by atoms with Gasteiger partial charge in [-0.15, -0.1) is 5.10 Å². The summed E-state index contributed by atoms with van der Waals surface area (Å²) in [7, 11) is -2.13. The molecule has 148 valence electrons. The van der Waals surface area contributed by atoms with Gasteiger partial charge in [0.25, 0.3) is 5.91 Å². The fourth-order valence-corrected chi connectivity index (χ4v) is 4.47. The first kappa shape index (κ1) is 21.0. The van der Waals surface area contributed by atoms with E-state index in [4.69, 9.17) is 4.74 Å². The molecule has 2 aromatic heterocycles. The maximum Gasteiger partial charge on any atom is 0.362 e. The van der Waals surface area contributed by atoms with Crippen molar-refractivity contribution in [2.45, 2.75) is 25.7 Å². The molecule has 0 fully saturated rings. The largest absolute Gasteiger partial charge is 0.461 e. The van der Waals surface area contributed by atoms with Crippen LogP contribution in [0.15, 0.2) is 17.2 Å². The molecular weight excluding hydrogens is 394 g/mol. The van der Waals surface area contributed by atoms with Crippen LogP contribution in [0, 0.1) is 0 Å². The standard InChI is InChI=1S/C15H21N5O5S2/c1-5-20(6-2)27(23,24)10-8-11(19(4)9-10)13(21)16-14-12(17-18-26-14)15(22)25-7-3/h8-9H,5-7H2,1-4H3,(H,16,21). The Morgan fingerprint density at radius 2 is 1.96 bits per heavy atom. The monoisotopic (exact) mass is 415 g/mol. The van der Waals surface area contributed by atoms with Crippen molar-refractivity contribution in [1.82, 2.24) is 18.5 Å². The van der Waals surface area contributed by atoms with Crippen molar-refractivity contribution in [2.75, 3.05) is 25.0 Å². The topological polar surface area (TPSA) is 123 Å². The molecule has 0 bridgehead atoms. The predicted octanol–water partition coefficient (Wildman–Crippen LogP) is 1.34. The van der Waals surface area contributed by atoms with Gasteiger partial charge < -0.3 is 14.6 Å². The molecule has 0 saturated heterocycles. The lowest BCUT2D eigenvalue weighted by Gasteiger charge is -2.17. The molecule has 12 heteroatoms. The molecule has 2 rings (SSSR count). The summed E-state index contributed by atoms with van der Waals surface area (Å²) in [6.07, 6.45) is 1.37. The molecule has 0 atom stereocenters. The molecule has 2 aromatic rings. The van der Waals surface area contributed by atoms with Gasteiger partial charge in [-0.1, -0.05) is 18.3 Å². The minimum Gasteiger partial charge on any atom is -0.461 e. The molecule has 0 aliphatic carbocycles. The van der Waals surface area contributed by atoms with Crippen LogP contribution in [0.4, 0.5) is 5.00 Å². The Morgan fingerprint density at radius 1 is 1.30 bits per heavy atom. The van der Waals surface area contributed by atoms with Crippen LogP contribution in [-0.4, -0.2) is 58.4 Å². The highest BCUT2D eigenvalue weighted by Crippen LogP contribution is 2.22. The van der Waals surface area contributed by atoms with Crippen molar-refractivity contribution in [1.29, 1.82) is 0 Å². The number of hydrogen-bond donors (Lipinski definition) is 1. The van der Waals surface area contributed by atoms with Crippen LogP contribution in [0.3, 0.4) is 0 Å². The first-order valence-corrected chi connectivity index (χ1v) is 10.4. The van der Waals surface area contributed by atoms with Crippen LogP contribution in [0.25, 0.3) is 0 Å². The predicted molar refractivity (Wildman–Crippen MR) is 99.3 cm³/mol. The number of carbonyl (C=O) groups excluding carboxylic acids is 2. The molecule has 2 heterocycles. The number of esters is 1. The number of ether oxygens (including phenoxy) is 1. The van der Waals surface area contributed by atoms with E-state index in [0.29, 0.717) is 13.1 Å². The zero-order valence-electron chi connectivity index (χ0n) is 15.4. The van der Waals surface area contributed by atoms with Gasteiger partial charge in [-0.3, -0.25) is 4.79 Å². The van der Waals surface area contributed by atoms with Crippen LogP contribution < -0.4 is 5.32 Å². The van der Waals surface area contributed by atoms with Gasteiger partial charge in [-0.2, -0.15) is 4.31 Å². The van der Waals surface area contributed by atoms with Gasteiger partial charge in [0.1, 0.15) is 10.6 Å². The lowest BCUT2D eigenvalue weighted by atomic mass is 10.4. The summed E-state index contributed by atoms with van der Waals surface area (Å²) in [5.74, 6) is -1.28. The van der Waals surface area contributed by atoms with Crippen molar-refractivity contribution < 1.29 is 22.7 Å². The first-order valence-electron chi connectivity index (χ1n) is 8.23. The molecule has 0 aliphatic heterocycles. The van der Waals surface area contributed by atoms with Crippen molar-refractivity contribution in [3.05, 3.63) is 23.7 Å². The Balaban J connectivity index is 2.28. The van der Waals surface area contributed by atoms with Gasteiger partial charge in [-0.05, 0) is 13.0 Å². The highest BCUT2D eigenvalue weighted by atomic mass is 32.2. The molecule has 0 spiro atoms.